The van der Waals surface area contributed by atoms with Crippen molar-refractivity contribution >= 4 is 17.3 Å². The van der Waals surface area contributed by atoms with E-state index < -0.39 is 0 Å². The number of nitrogens with zero attached hydrogens (tertiary/aromatic N) is 5. The summed E-state index contributed by atoms with van der Waals surface area (Å²) < 4.78 is 0. The summed E-state index contributed by atoms with van der Waals surface area (Å²) in [6, 6.07) is 4.50. The number of rotatable bonds is 6. The van der Waals surface area contributed by atoms with Crippen molar-refractivity contribution in [1.29, 1.82) is 5.26 Å². The Hall–Kier alpha value is -2.79. The van der Waals surface area contributed by atoms with Crippen LogP contribution in [0, 0.1) is 24.2 Å². The average molecular weight is 324 g/mol. The average Bonchev–Trinajstić information content (AvgIpc) is 2.57. The van der Waals surface area contributed by atoms with Crippen LogP contribution in [0.1, 0.15) is 24.2 Å². The maximum atomic E-state index is 8.74. The molecule has 0 saturated heterocycles. The fourth-order valence-corrected chi connectivity index (χ4v) is 2.67. The highest BCUT2D eigenvalue weighted by atomic mass is 15.2. The second-order valence-corrected chi connectivity index (χ2v) is 5.96. The lowest BCUT2D eigenvalue weighted by molar-refractivity contribution is 0.246. The van der Waals surface area contributed by atoms with Gasteiger partial charge in [0, 0.05) is 18.7 Å². The molecular weight excluding hydrogens is 304 g/mol. The maximum Gasteiger partial charge on any atom is 0.158 e. The second-order valence-electron chi connectivity index (χ2n) is 5.96. The molecule has 3 N–H and O–H groups in total. The zero-order valence-corrected chi connectivity index (χ0v) is 13.7. The summed E-state index contributed by atoms with van der Waals surface area (Å²) in [5, 5.41) is 26.8. The number of nitrogens with one attached hydrogen (secondary N) is 3. The summed E-state index contributed by atoms with van der Waals surface area (Å²) in [5.41, 5.74) is 2.09. The Morgan fingerprint density at radius 2 is 2.04 bits per heavy atom. The molecule has 1 fully saturated rings. The van der Waals surface area contributed by atoms with E-state index in [0.717, 1.165) is 17.9 Å². The van der Waals surface area contributed by atoms with Crippen LogP contribution in [0.25, 0.3) is 0 Å². The Kier molecular flexibility index (Phi) is 4.82. The minimum atomic E-state index is 0.276. The van der Waals surface area contributed by atoms with Crippen molar-refractivity contribution in [2.75, 3.05) is 24.2 Å². The highest BCUT2D eigenvalue weighted by Crippen LogP contribution is 2.28. The summed E-state index contributed by atoms with van der Waals surface area (Å²) in [6.07, 6.45) is 5.32. The number of nitriles is 1. The van der Waals surface area contributed by atoms with Gasteiger partial charge in [-0.15, -0.1) is 5.10 Å². The molecular formula is C16H20N8. The van der Waals surface area contributed by atoms with Crippen LogP contribution in [-0.4, -0.2) is 39.8 Å². The minimum absolute atomic E-state index is 0.276. The third kappa shape index (κ3) is 3.75. The van der Waals surface area contributed by atoms with Gasteiger partial charge in [0.15, 0.2) is 11.5 Å². The van der Waals surface area contributed by atoms with Crippen molar-refractivity contribution in [3.63, 3.8) is 0 Å². The molecule has 1 aliphatic carbocycles. The van der Waals surface area contributed by atoms with Crippen molar-refractivity contribution < 1.29 is 0 Å². The van der Waals surface area contributed by atoms with Crippen molar-refractivity contribution in [2.45, 2.75) is 25.8 Å². The molecule has 2 aromatic rings. The summed E-state index contributed by atoms with van der Waals surface area (Å²) in [7, 11) is 2.01. The van der Waals surface area contributed by atoms with Gasteiger partial charge in [0.25, 0.3) is 0 Å². The molecule has 0 bridgehead atoms. The van der Waals surface area contributed by atoms with Crippen LogP contribution in [-0.2, 0) is 0 Å². The Balaban J connectivity index is 1.61. The molecule has 8 heteroatoms. The van der Waals surface area contributed by atoms with Gasteiger partial charge in [-0.2, -0.15) is 10.4 Å². The van der Waals surface area contributed by atoms with Gasteiger partial charge in [-0.05, 0) is 32.7 Å². The van der Waals surface area contributed by atoms with Crippen LogP contribution >= 0.6 is 0 Å². The van der Waals surface area contributed by atoms with E-state index in [1.165, 1.54) is 25.2 Å². The van der Waals surface area contributed by atoms with Gasteiger partial charge in [0.2, 0.25) is 0 Å². The lowest BCUT2D eigenvalue weighted by atomic mass is 9.80. The first-order valence-electron chi connectivity index (χ1n) is 7.92. The highest BCUT2D eigenvalue weighted by molar-refractivity contribution is 5.59. The van der Waals surface area contributed by atoms with E-state index in [-0.39, 0.29) is 5.69 Å². The fraction of sp³-hybridized carbons (Fsp3) is 0.438. The number of anilines is 3. The molecule has 0 amide bonds. The maximum absolute atomic E-state index is 8.74. The zero-order chi connectivity index (χ0) is 16.9. The predicted octanol–water partition coefficient (Wildman–Crippen LogP) is 1.60. The number of hydrogen-bond acceptors (Lipinski definition) is 8. The molecule has 0 radical (unpaired) electrons. The normalized spacial score (nSPS) is 19.2. The molecule has 2 aromatic heterocycles. The molecule has 1 saturated carbocycles. The molecule has 3 rings (SSSR count). The highest BCUT2D eigenvalue weighted by Gasteiger charge is 2.27. The van der Waals surface area contributed by atoms with E-state index in [9.17, 15) is 0 Å². The molecule has 0 atom stereocenters. The van der Waals surface area contributed by atoms with Crippen LogP contribution < -0.4 is 16.0 Å². The molecule has 1 aliphatic rings. The molecule has 0 spiro atoms. The van der Waals surface area contributed by atoms with Gasteiger partial charge < -0.3 is 16.0 Å². The Labute approximate surface area is 140 Å². The van der Waals surface area contributed by atoms with Crippen LogP contribution in [0.5, 0.6) is 0 Å². The lowest BCUT2D eigenvalue weighted by Crippen LogP contribution is -2.41. The minimum Gasteiger partial charge on any atom is -0.383 e. The van der Waals surface area contributed by atoms with Crippen molar-refractivity contribution in [3.8, 4) is 6.07 Å². The first-order chi connectivity index (χ1) is 11.7. The van der Waals surface area contributed by atoms with Crippen molar-refractivity contribution in [1.82, 2.24) is 25.5 Å². The Bertz CT molecular complexity index is 731. The fourth-order valence-electron chi connectivity index (χ4n) is 2.67. The third-order valence-electron chi connectivity index (χ3n) is 4.23. The first kappa shape index (κ1) is 16.1. The third-order valence-corrected chi connectivity index (χ3v) is 4.23. The largest absolute Gasteiger partial charge is 0.383 e. The number of hydrogen-bond donors (Lipinski definition) is 3. The van der Waals surface area contributed by atoms with Gasteiger partial charge >= 0.3 is 0 Å². The van der Waals surface area contributed by atoms with E-state index in [2.05, 4.69) is 36.1 Å². The van der Waals surface area contributed by atoms with Crippen molar-refractivity contribution in [2.24, 2.45) is 5.92 Å². The zero-order valence-electron chi connectivity index (χ0n) is 13.7. The molecule has 0 aromatic carbocycles. The predicted molar refractivity (Wildman–Crippen MR) is 90.9 cm³/mol. The van der Waals surface area contributed by atoms with Gasteiger partial charge in [-0.3, -0.25) is 0 Å². The van der Waals surface area contributed by atoms with E-state index in [0.29, 0.717) is 23.6 Å². The quantitative estimate of drug-likeness (QED) is 0.734. The monoisotopic (exact) mass is 324 g/mol. The van der Waals surface area contributed by atoms with Crippen LogP contribution in [0.15, 0.2) is 18.5 Å². The molecule has 0 aliphatic heterocycles. The van der Waals surface area contributed by atoms with E-state index in [1.807, 2.05) is 26.1 Å². The van der Waals surface area contributed by atoms with E-state index in [1.54, 1.807) is 0 Å². The Morgan fingerprint density at radius 1 is 1.21 bits per heavy atom. The number of aromatic nitrogens is 4. The molecule has 124 valence electrons. The lowest BCUT2D eigenvalue weighted by Gasteiger charge is -2.35. The first-order valence-corrected chi connectivity index (χ1v) is 7.92. The SMILES string of the molecule is CNC1CC(CNc2cc(Nc3cnc(C#N)cn3)nnc2C)C1. The number of aryl methyl sites for hydroxylation is 1. The standard InChI is InChI=1S/C16H20N8/c1-10-14(20-7-11-3-12(4-11)18-2)5-15(24-23-10)22-16-9-19-13(6-17)8-21-16/h5,8-9,11-12,18H,3-4,7H2,1-2H3,(H2,20,21,22,24). The summed E-state index contributed by atoms with van der Waals surface area (Å²) in [5.74, 6) is 1.80. The van der Waals surface area contributed by atoms with Crippen LogP contribution in [0.3, 0.4) is 0 Å². The van der Waals surface area contributed by atoms with Crippen molar-refractivity contribution in [3.05, 3.63) is 29.8 Å². The van der Waals surface area contributed by atoms with Crippen LogP contribution in [0.2, 0.25) is 0 Å². The summed E-state index contributed by atoms with van der Waals surface area (Å²) in [6.45, 7) is 2.86. The Morgan fingerprint density at radius 3 is 2.71 bits per heavy atom. The summed E-state index contributed by atoms with van der Waals surface area (Å²) in [4.78, 5) is 8.09. The van der Waals surface area contributed by atoms with Gasteiger partial charge in [-0.1, -0.05) is 0 Å². The smallest absolute Gasteiger partial charge is 0.158 e. The van der Waals surface area contributed by atoms with E-state index in [4.69, 9.17) is 5.26 Å². The molecule has 2 heterocycles. The molecule has 8 nitrogen and oxygen atoms in total. The molecule has 24 heavy (non-hydrogen) atoms. The van der Waals surface area contributed by atoms with E-state index >= 15 is 0 Å². The molecule has 0 unspecified atom stereocenters. The van der Waals surface area contributed by atoms with Gasteiger partial charge in [0.1, 0.15) is 11.9 Å². The van der Waals surface area contributed by atoms with Gasteiger partial charge in [0.05, 0.1) is 23.8 Å². The van der Waals surface area contributed by atoms with Gasteiger partial charge in [-0.25, -0.2) is 9.97 Å². The second kappa shape index (κ2) is 7.19. The topological polar surface area (TPSA) is 111 Å². The summed E-state index contributed by atoms with van der Waals surface area (Å²) >= 11 is 0. The van der Waals surface area contributed by atoms with Crippen LogP contribution in [0.4, 0.5) is 17.3 Å².